The number of aliphatic hydroxyl groups excluding tert-OH is 1. The maximum atomic E-state index is 9.60. The zero-order valence-electron chi connectivity index (χ0n) is 16.6. The highest BCUT2D eigenvalue weighted by molar-refractivity contribution is 5.79. The van der Waals surface area contributed by atoms with Gasteiger partial charge in [-0.3, -0.25) is 0 Å². The fraction of sp³-hybridized carbons (Fsp3) is 0.500. The van der Waals surface area contributed by atoms with Gasteiger partial charge in [-0.25, -0.2) is 15.0 Å². The zero-order valence-corrected chi connectivity index (χ0v) is 16.6. The third-order valence-corrected chi connectivity index (χ3v) is 5.15. The Hall–Kier alpha value is -2.74. The Labute approximate surface area is 164 Å². The molecule has 0 saturated carbocycles. The summed E-state index contributed by atoms with van der Waals surface area (Å²) in [6, 6.07) is 3.99. The van der Waals surface area contributed by atoms with Crippen LogP contribution in [0.15, 0.2) is 24.5 Å². The Balaban J connectivity index is 1.61. The van der Waals surface area contributed by atoms with Gasteiger partial charge in [0.15, 0.2) is 0 Å². The first-order valence-electron chi connectivity index (χ1n) is 9.88. The highest BCUT2D eigenvalue weighted by atomic mass is 16.3. The molecule has 0 aromatic carbocycles. The molecule has 28 heavy (non-hydrogen) atoms. The normalized spacial score (nSPS) is 17.5. The van der Waals surface area contributed by atoms with E-state index in [4.69, 9.17) is 0 Å². The minimum Gasteiger partial charge on any atom is -0.388 e. The van der Waals surface area contributed by atoms with Gasteiger partial charge < -0.3 is 19.9 Å². The van der Waals surface area contributed by atoms with E-state index in [1.165, 1.54) is 12.8 Å². The molecule has 1 aliphatic heterocycles. The summed E-state index contributed by atoms with van der Waals surface area (Å²) in [7, 11) is 0. The molecule has 2 N–H and O–H groups in total. The van der Waals surface area contributed by atoms with E-state index < -0.39 is 0 Å². The van der Waals surface area contributed by atoms with Crippen LogP contribution in [-0.2, 0) is 6.61 Å². The largest absolute Gasteiger partial charge is 0.388 e. The molecule has 0 radical (unpaired) electrons. The summed E-state index contributed by atoms with van der Waals surface area (Å²) in [5.41, 5.74) is 1.71. The van der Waals surface area contributed by atoms with Crippen molar-refractivity contribution in [3.8, 4) is 0 Å². The number of pyridine rings is 1. The summed E-state index contributed by atoms with van der Waals surface area (Å²) in [4.78, 5) is 20.3. The predicted molar refractivity (Wildman–Crippen MR) is 110 cm³/mol. The lowest BCUT2D eigenvalue weighted by Crippen LogP contribution is -2.35. The van der Waals surface area contributed by atoms with E-state index in [0.717, 1.165) is 30.1 Å². The lowest BCUT2D eigenvalue weighted by molar-refractivity contribution is 0.263. The van der Waals surface area contributed by atoms with Crippen LogP contribution in [0.25, 0.3) is 11.0 Å². The molecule has 148 valence electrons. The number of nitrogens with zero attached hydrogens (tertiary/aromatic N) is 6. The molecule has 0 bridgehead atoms. The number of rotatable bonds is 5. The Bertz CT molecular complexity index is 968. The lowest BCUT2D eigenvalue weighted by atomic mass is 10.0. The van der Waals surface area contributed by atoms with Crippen molar-refractivity contribution in [2.45, 2.75) is 46.3 Å². The fourth-order valence-corrected chi connectivity index (χ4v) is 3.88. The quantitative estimate of drug-likeness (QED) is 0.701. The van der Waals surface area contributed by atoms with Crippen LogP contribution >= 0.6 is 0 Å². The second-order valence-electron chi connectivity index (χ2n) is 7.77. The van der Waals surface area contributed by atoms with Crippen molar-refractivity contribution >= 4 is 28.6 Å². The molecule has 1 saturated heterocycles. The van der Waals surface area contributed by atoms with Crippen molar-refractivity contribution < 1.29 is 5.11 Å². The number of nitrogens with one attached hydrogen (secondary N) is 1. The molecule has 1 fully saturated rings. The molecule has 0 aliphatic carbocycles. The fourth-order valence-electron chi connectivity index (χ4n) is 3.88. The number of hydrogen-bond donors (Lipinski definition) is 2. The van der Waals surface area contributed by atoms with Crippen LogP contribution < -0.4 is 10.2 Å². The Kier molecular flexibility index (Phi) is 5.13. The van der Waals surface area contributed by atoms with Crippen LogP contribution in [0.2, 0.25) is 0 Å². The second-order valence-corrected chi connectivity index (χ2v) is 7.77. The van der Waals surface area contributed by atoms with E-state index in [0.29, 0.717) is 23.4 Å². The van der Waals surface area contributed by atoms with E-state index in [1.54, 1.807) is 12.4 Å². The predicted octanol–water partition coefficient (Wildman–Crippen LogP) is 3.27. The standard InChI is InChI=1S/C20H27N7O/c1-13(2)27-16-9-18(22-10-15(16)23-19(27)12-28)24-17-6-7-21-20(25-17)26-8-4-5-14(3)11-26/h6-7,9-10,13-14,28H,4-5,8,11-12H2,1-3H3,(H,21,22,24,25)/t14-/m1/s1. The molecule has 8 nitrogen and oxygen atoms in total. The molecule has 3 aromatic heterocycles. The molecule has 1 aliphatic rings. The SMILES string of the molecule is CC(C)n1c(CO)nc2cnc(Nc3ccnc(N4CCC[C@@H](C)C4)n3)cc21. The second kappa shape index (κ2) is 7.71. The number of hydrogen-bond acceptors (Lipinski definition) is 7. The van der Waals surface area contributed by atoms with Crippen molar-refractivity contribution in [2.24, 2.45) is 5.92 Å². The maximum absolute atomic E-state index is 9.60. The van der Waals surface area contributed by atoms with Crippen molar-refractivity contribution in [1.29, 1.82) is 0 Å². The molecule has 8 heteroatoms. The smallest absolute Gasteiger partial charge is 0.227 e. The average Bonchev–Trinajstić information content (AvgIpc) is 3.06. The van der Waals surface area contributed by atoms with Crippen LogP contribution in [0.1, 0.15) is 45.5 Å². The van der Waals surface area contributed by atoms with Crippen molar-refractivity contribution in [1.82, 2.24) is 24.5 Å². The molecule has 3 aromatic rings. The first-order valence-corrected chi connectivity index (χ1v) is 9.88. The molecular formula is C20H27N7O. The Morgan fingerprint density at radius 1 is 1.25 bits per heavy atom. The van der Waals surface area contributed by atoms with Gasteiger partial charge in [0.1, 0.15) is 29.6 Å². The number of piperidine rings is 1. The first kappa shape index (κ1) is 18.6. The van der Waals surface area contributed by atoms with Crippen molar-refractivity contribution in [2.75, 3.05) is 23.3 Å². The summed E-state index contributed by atoms with van der Waals surface area (Å²) in [6.07, 6.45) is 5.94. The van der Waals surface area contributed by atoms with Crippen LogP contribution in [0.4, 0.5) is 17.6 Å². The van der Waals surface area contributed by atoms with Crippen LogP contribution in [0, 0.1) is 5.92 Å². The van der Waals surface area contributed by atoms with Gasteiger partial charge in [-0.1, -0.05) is 6.92 Å². The molecule has 4 rings (SSSR count). The van der Waals surface area contributed by atoms with Gasteiger partial charge in [-0.2, -0.15) is 4.98 Å². The minimum atomic E-state index is -0.0981. The summed E-state index contributed by atoms with van der Waals surface area (Å²) >= 11 is 0. The van der Waals surface area contributed by atoms with E-state index in [1.807, 2.05) is 16.7 Å². The topological polar surface area (TPSA) is 92.0 Å². The van der Waals surface area contributed by atoms with Gasteiger partial charge >= 0.3 is 0 Å². The molecule has 0 spiro atoms. The van der Waals surface area contributed by atoms with E-state index in [9.17, 15) is 5.11 Å². The van der Waals surface area contributed by atoms with Crippen molar-refractivity contribution in [3.63, 3.8) is 0 Å². The summed E-state index contributed by atoms with van der Waals surface area (Å²) < 4.78 is 2.03. The van der Waals surface area contributed by atoms with Crippen LogP contribution in [0.3, 0.4) is 0 Å². The minimum absolute atomic E-state index is 0.0981. The highest BCUT2D eigenvalue weighted by Crippen LogP contribution is 2.25. The molecule has 0 amide bonds. The van der Waals surface area contributed by atoms with Crippen molar-refractivity contribution in [3.05, 3.63) is 30.4 Å². The number of fused-ring (bicyclic) bond motifs is 1. The van der Waals surface area contributed by atoms with Crippen LogP contribution in [-0.4, -0.2) is 42.7 Å². The molecule has 1 atom stereocenters. The van der Waals surface area contributed by atoms with E-state index in [-0.39, 0.29) is 12.6 Å². The average molecular weight is 381 g/mol. The van der Waals surface area contributed by atoms with Crippen LogP contribution in [0.5, 0.6) is 0 Å². The first-order chi connectivity index (χ1) is 13.5. The number of imidazole rings is 1. The Morgan fingerprint density at radius 3 is 2.86 bits per heavy atom. The molecule has 4 heterocycles. The Morgan fingerprint density at radius 2 is 2.11 bits per heavy atom. The number of anilines is 3. The van der Waals surface area contributed by atoms with Gasteiger partial charge in [0.05, 0.1) is 11.7 Å². The van der Waals surface area contributed by atoms with Gasteiger partial charge in [-0.15, -0.1) is 0 Å². The molecular weight excluding hydrogens is 354 g/mol. The van der Waals surface area contributed by atoms with Gasteiger partial charge in [0, 0.05) is 31.4 Å². The third kappa shape index (κ3) is 3.64. The maximum Gasteiger partial charge on any atom is 0.227 e. The lowest BCUT2D eigenvalue weighted by Gasteiger charge is -2.30. The summed E-state index contributed by atoms with van der Waals surface area (Å²) in [6.45, 7) is 8.31. The van der Waals surface area contributed by atoms with E-state index in [2.05, 4.69) is 50.9 Å². The van der Waals surface area contributed by atoms with Gasteiger partial charge in [-0.05, 0) is 38.7 Å². The van der Waals surface area contributed by atoms with Gasteiger partial charge in [0.2, 0.25) is 5.95 Å². The number of aliphatic hydroxyl groups is 1. The summed E-state index contributed by atoms with van der Waals surface area (Å²) in [5, 5.41) is 12.9. The third-order valence-electron chi connectivity index (χ3n) is 5.15. The van der Waals surface area contributed by atoms with E-state index >= 15 is 0 Å². The summed E-state index contributed by atoms with van der Waals surface area (Å²) in [5.74, 6) is 3.47. The number of aromatic nitrogens is 5. The zero-order chi connectivity index (χ0) is 19.7. The molecule has 0 unspecified atom stereocenters. The highest BCUT2D eigenvalue weighted by Gasteiger charge is 2.19. The van der Waals surface area contributed by atoms with Gasteiger partial charge in [0.25, 0.3) is 0 Å². The monoisotopic (exact) mass is 381 g/mol.